The van der Waals surface area contributed by atoms with Crippen molar-refractivity contribution in [2.24, 2.45) is 0 Å². The summed E-state index contributed by atoms with van der Waals surface area (Å²) in [5.74, 6) is 0.438. The lowest BCUT2D eigenvalue weighted by atomic mass is 10.2. The van der Waals surface area contributed by atoms with Crippen molar-refractivity contribution in [1.82, 2.24) is 4.72 Å². The maximum absolute atomic E-state index is 12.3. The molecule has 2 aromatic rings. The highest BCUT2D eigenvalue weighted by atomic mass is 32.2. The van der Waals surface area contributed by atoms with Gasteiger partial charge in [-0.2, -0.15) is 0 Å². The SMILES string of the molecule is COc1ccc(S(=O)(=O)NCCN(C(C)=O)c2ccc(C)cc2)cc1. The first-order valence-electron chi connectivity index (χ1n) is 7.82. The van der Waals surface area contributed by atoms with Crippen molar-refractivity contribution in [3.63, 3.8) is 0 Å². The zero-order valence-corrected chi connectivity index (χ0v) is 15.3. The van der Waals surface area contributed by atoms with Crippen molar-refractivity contribution in [1.29, 1.82) is 0 Å². The normalized spacial score (nSPS) is 11.2. The summed E-state index contributed by atoms with van der Waals surface area (Å²) in [6, 6.07) is 13.6. The predicted octanol–water partition coefficient (Wildman–Crippen LogP) is 2.34. The van der Waals surface area contributed by atoms with E-state index in [2.05, 4.69) is 4.72 Å². The Labute approximate surface area is 148 Å². The van der Waals surface area contributed by atoms with Crippen LogP contribution in [0.2, 0.25) is 0 Å². The Balaban J connectivity index is 2.03. The molecule has 0 heterocycles. The van der Waals surface area contributed by atoms with Gasteiger partial charge >= 0.3 is 0 Å². The maximum atomic E-state index is 12.3. The summed E-state index contributed by atoms with van der Waals surface area (Å²) in [5.41, 5.74) is 1.83. The summed E-state index contributed by atoms with van der Waals surface area (Å²) in [4.78, 5) is 13.5. The summed E-state index contributed by atoms with van der Waals surface area (Å²) in [5, 5.41) is 0. The van der Waals surface area contributed by atoms with E-state index < -0.39 is 10.0 Å². The molecule has 0 aliphatic rings. The molecule has 0 atom stereocenters. The lowest BCUT2D eigenvalue weighted by Gasteiger charge is -2.21. The van der Waals surface area contributed by atoms with Crippen molar-refractivity contribution in [3.8, 4) is 5.75 Å². The highest BCUT2D eigenvalue weighted by molar-refractivity contribution is 7.89. The molecule has 1 amide bonds. The Morgan fingerprint density at radius 1 is 1.08 bits per heavy atom. The molecule has 2 aromatic carbocycles. The minimum Gasteiger partial charge on any atom is -0.497 e. The van der Waals surface area contributed by atoms with E-state index in [0.717, 1.165) is 11.3 Å². The number of carbonyl (C=O) groups excluding carboxylic acids is 1. The lowest BCUT2D eigenvalue weighted by molar-refractivity contribution is -0.116. The van der Waals surface area contributed by atoms with Crippen LogP contribution < -0.4 is 14.4 Å². The predicted molar refractivity (Wildman–Crippen MR) is 97.4 cm³/mol. The highest BCUT2D eigenvalue weighted by Gasteiger charge is 2.16. The van der Waals surface area contributed by atoms with Crippen molar-refractivity contribution in [2.75, 3.05) is 25.1 Å². The Morgan fingerprint density at radius 2 is 1.68 bits per heavy atom. The van der Waals surface area contributed by atoms with Crippen LogP contribution in [0.5, 0.6) is 5.75 Å². The van der Waals surface area contributed by atoms with Gasteiger partial charge in [0.2, 0.25) is 15.9 Å². The quantitative estimate of drug-likeness (QED) is 0.820. The van der Waals surface area contributed by atoms with Crippen LogP contribution in [0, 0.1) is 6.92 Å². The van der Waals surface area contributed by atoms with Crippen molar-refractivity contribution < 1.29 is 17.9 Å². The number of nitrogens with zero attached hydrogens (tertiary/aromatic N) is 1. The molecule has 0 aliphatic carbocycles. The second-order valence-electron chi connectivity index (χ2n) is 5.58. The van der Waals surface area contributed by atoms with Gasteiger partial charge < -0.3 is 9.64 Å². The Hall–Kier alpha value is -2.38. The van der Waals surface area contributed by atoms with Gasteiger partial charge in [0.25, 0.3) is 0 Å². The third-order valence-corrected chi connectivity index (χ3v) is 5.20. The van der Waals surface area contributed by atoms with Crippen LogP contribution in [-0.4, -0.2) is 34.5 Å². The van der Waals surface area contributed by atoms with Crippen molar-refractivity contribution >= 4 is 21.6 Å². The van der Waals surface area contributed by atoms with Gasteiger partial charge in [0.1, 0.15) is 5.75 Å². The van der Waals surface area contributed by atoms with Gasteiger partial charge in [-0.1, -0.05) is 17.7 Å². The Kier molecular flexibility index (Phi) is 6.17. The van der Waals surface area contributed by atoms with Gasteiger partial charge in [-0.3, -0.25) is 4.79 Å². The lowest BCUT2D eigenvalue weighted by Crippen LogP contribution is -2.37. The zero-order chi connectivity index (χ0) is 18.4. The van der Waals surface area contributed by atoms with Crippen LogP contribution in [0.25, 0.3) is 0 Å². The van der Waals surface area contributed by atoms with Crippen LogP contribution in [0.15, 0.2) is 53.4 Å². The molecule has 0 bridgehead atoms. The largest absolute Gasteiger partial charge is 0.497 e. The summed E-state index contributed by atoms with van der Waals surface area (Å²) >= 11 is 0. The number of hydrogen-bond acceptors (Lipinski definition) is 4. The van der Waals surface area contributed by atoms with Gasteiger partial charge in [-0.15, -0.1) is 0 Å². The smallest absolute Gasteiger partial charge is 0.240 e. The minimum absolute atomic E-state index is 0.113. The number of methoxy groups -OCH3 is 1. The molecule has 134 valence electrons. The van der Waals surface area contributed by atoms with Gasteiger partial charge in [0.05, 0.1) is 12.0 Å². The summed E-state index contributed by atoms with van der Waals surface area (Å²) in [6.45, 7) is 3.78. The first kappa shape index (κ1) is 19.0. The van der Waals surface area contributed by atoms with Gasteiger partial charge in [-0.05, 0) is 43.3 Å². The molecule has 0 radical (unpaired) electrons. The fourth-order valence-corrected chi connectivity index (χ4v) is 3.34. The first-order chi connectivity index (χ1) is 11.8. The molecule has 0 aliphatic heterocycles. The minimum atomic E-state index is -3.64. The summed E-state index contributed by atoms with van der Waals surface area (Å²) in [6.07, 6.45) is 0. The van der Waals surface area contributed by atoms with E-state index >= 15 is 0 Å². The summed E-state index contributed by atoms with van der Waals surface area (Å²) < 4.78 is 32.2. The topological polar surface area (TPSA) is 75.7 Å². The standard InChI is InChI=1S/C18H22N2O4S/c1-14-4-6-16(7-5-14)20(15(2)21)13-12-19-25(22,23)18-10-8-17(24-3)9-11-18/h4-11,19H,12-13H2,1-3H3. The second kappa shape index (κ2) is 8.13. The van der Waals surface area contributed by atoms with E-state index in [1.807, 2.05) is 31.2 Å². The van der Waals surface area contributed by atoms with Gasteiger partial charge in [0.15, 0.2) is 0 Å². The number of aryl methyl sites for hydroxylation is 1. The highest BCUT2D eigenvalue weighted by Crippen LogP contribution is 2.16. The monoisotopic (exact) mass is 362 g/mol. The molecule has 7 heteroatoms. The average molecular weight is 362 g/mol. The fourth-order valence-electron chi connectivity index (χ4n) is 2.32. The molecule has 0 saturated carbocycles. The van der Waals surface area contributed by atoms with Crippen LogP contribution >= 0.6 is 0 Å². The molecule has 0 aromatic heterocycles. The molecule has 25 heavy (non-hydrogen) atoms. The molecule has 2 rings (SSSR count). The van der Waals surface area contributed by atoms with Crippen molar-refractivity contribution in [3.05, 3.63) is 54.1 Å². The first-order valence-corrected chi connectivity index (χ1v) is 9.30. The maximum Gasteiger partial charge on any atom is 0.240 e. The zero-order valence-electron chi connectivity index (χ0n) is 14.5. The number of benzene rings is 2. The molecular formula is C18H22N2O4S. The van der Waals surface area contributed by atoms with E-state index in [-0.39, 0.29) is 23.9 Å². The average Bonchev–Trinajstić information content (AvgIpc) is 2.59. The molecule has 0 spiro atoms. The molecule has 0 fully saturated rings. The molecule has 1 N–H and O–H groups in total. The van der Waals surface area contributed by atoms with E-state index in [4.69, 9.17) is 4.74 Å². The molecular weight excluding hydrogens is 340 g/mol. The number of carbonyl (C=O) groups is 1. The third-order valence-electron chi connectivity index (χ3n) is 3.72. The van der Waals surface area contributed by atoms with E-state index in [1.165, 1.54) is 31.1 Å². The van der Waals surface area contributed by atoms with Crippen LogP contribution in [0.1, 0.15) is 12.5 Å². The molecule has 6 nitrogen and oxygen atoms in total. The third kappa shape index (κ3) is 5.04. The number of hydrogen-bond donors (Lipinski definition) is 1. The summed E-state index contributed by atoms with van der Waals surface area (Å²) in [7, 11) is -2.12. The van der Waals surface area contributed by atoms with Gasteiger partial charge in [0, 0.05) is 25.7 Å². The number of amides is 1. The number of sulfonamides is 1. The van der Waals surface area contributed by atoms with E-state index in [1.54, 1.807) is 12.1 Å². The van der Waals surface area contributed by atoms with Crippen LogP contribution in [0.3, 0.4) is 0 Å². The van der Waals surface area contributed by atoms with E-state index in [9.17, 15) is 13.2 Å². The number of nitrogens with one attached hydrogen (secondary N) is 1. The molecule has 0 saturated heterocycles. The Bertz CT molecular complexity index is 815. The van der Waals surface area contributed by atoms with Gasteiger partial charge in [-0.25, -0.2) is 13.1 Å². The van der Waals surface area contributed by atoms with Crippen molar-refractivity contribution in [2.45, 2.75) is 18.7 Å². The van der Waals surface area contributed by atoms with Crippen LogP contribution in [0.4, 0.5) is 5.69 Å². The number of anilines is 1. The van der Waals surface area contributed by atoms with Crippen LogP contribution in [-0.2, 0) is 14.8 Å². The Morgan fingerprint density at radius 3 is 2.20 bits per heavy atom. The number of rotatable bonds is 7. The fraction of sp³-hybridized carbons (Fsp3) is 0.278. The molecule has 0 unspecified atom stereocenters. The van der Waals surface area contributed by atoms with E-state index in [0.29, 0.717) is 5.75 Å². The number of ether oxygens (including phenoxy) is 1. The second-order valence-corrected chi connectivity index (χ2v) is 7.35.